The van der Waals surface area contributed by atoms with Crippen LogP contribution in [0.15, 0.2) is 0 Å². The molecule has 0 radical (unpaired) electrons. The average molecular weight is 476 g/mol. The molecular formula is C19H32N4O10. The Hall–Kier alpha value is -2.65. The molecule has 1 rings (SSSR count). The average Bonchev–Trinajstić information content (AvgIpc) is 2.74. The zero-order chi connectivity index (χ0) is 25.3. The van der Waals surface area contributed by atoms with Gasteiger partial charge in [-0.3, -0.25) is 19.2 Å². The topological polar surface area (TPSA) is 227 Å². The molecule has 1 fully saturated rings. The van der Waals surface area contributed by atoms with E-state index >= 15 is 0 Å². The van der Waals surface area contributed by atoms with Gasteiger partial charge in [-0.25, -0.2) is 0 Å². The van der Waals surface area contributed by atoms with E-state index in [1.165, 1.54) is 20.8 Å². The first-order valence-electron chi connectivity index (χ1n) is 10.3. The second kappa shape index (κ2) is 13.2. The Morgan fingerprint density at radius 2 is 1.79 bits per heavy atom. The van der Waals surface area contributed by atoms with Gasteiger partial charge in [0.25, 0.3) is 0 Å². The maximum atomic E-state index is 12.5. The summed E-state index contributed by atoms with van der Waals surface area (Å²) in [6, 6.07) is -3.30. The summed E-state index contributed by atoms with van der Waals surface area (Å²) in [4.78, 5) is 58.1. The molecule has 8 N–H and O–H groups in total. The van der Waals surface area contributed by atoms with Crippen molar-refractivity contribution in [3.05, 3.63) is 0 Å². The number of hydrogen-bond donors (Lipinski definition) is 7. The fourth-order valence-corrected chi connectivity index (χ4v) is 3.11. The number of carbonyl (C=O) groups is 5. The van der Waals surface area contributed by atoms with Crippen molar-refractivity contribution in [3.63, 3.8) is 0 Å². The Labute approximate surface area is 190 Å². The van der Waals surface area contributed by atoms with E-state index in [-0.39, 0.29) is 12.8 Å². The van der Waals surface area contributed by atoms with E-state index in [0.717, 1.165) is 0 Å². The molecule has 14 heteroatoms. The van der Waals surface area contributed by atoms with Gasteiger partial charge < -0.3 is 51.3 Å². The Bertz CT molecular complexity index is 721. The molecule has 4 amide bonds. The predicted octanol–water partition coefficient (Wildman–Crippen LogP) is -4.21. The van der Waals surface area contributed by atoms with E-state index in [2.05, 4.69) is 16.0 Å². The van der Waals surface area contributed by atoms with Crippen molar-refractivity contribution in [1.82, 2.24) is 16.0 Å². The zero-order valence-electron chi connectivity index (χ0n) is 18.6. The first-order chi connectivity index (χ1) is 15.4. The summed E-state index contributed by atoms with van der Waals surface area (Å²) in [5, 5.41) is 37.0. The molecule has 188 valence electrons. The van der Waals surface area contributed by atoms with Crippen molar-refractivity contribution in [2.75, 3.05) is 6.61 Å². The highest BCUT2D eigenvalue weighted by Crippen LogP contribution is 2.23. The molecule has 0 spiro atoms. The molecule has 1 unspecified atom stereocenters. The number of aldehydes is 1. The Kier molecular flexibility index (Phi) is 11.3. The molecule has 0 bridgehead atoms. The number of primary amides is 1. The lowest BCUT2D eigenvalue weighted by atomic mass is 9.96. The normalized spacial score (nSPS) is 27.5. The van der Waals surface area contributed by atoms with Crippen LogP contribution in [0.4, 0.5) is 0 Å². The highest BCUT2D eigenvalue weighted by Gasteiger charge is 2.46. The van der Waals surface area contributed by atoms with Gasteiger partial charge in [0, 0.05) is 13.3 Å². The molecule has 1 aliphatic rings. The van der Waals surface area contributed by atoms with Gasteiger partial charge in [0.05, 0.1) is 12.6 Å². The van der Waals surface area contributed by atoms with E-state index in [1.807, 2.05) is 0 Å². The lowest BCUT2D eigenvalue weighted by Crippen LogP contribution is -2.65. The second-order valence-electron chi connectivity index (χ2n) is 7.69. The Morgan fingerprint density at radius 3 is 2.30 bits per heavy atom. The zero-order valence-corrected chi connectivity index (χ0v) is 18.6. The highest BCUT2D eigenvalue weighted by molar-refractivity contribution is 5.90. The first-order valence-corrected chi connectivity index (χ1v) is 10.3. The highest BCUT2D eigenvalue weighted by atomic mass is 16.6. The van der Waals surface area contributed by atoms with Gasteiger partial charge in [0.1, 0.15) is 42.8 Å². The summed E-state index contributed by atoms with van der Waals surface area (Å²) in [5.41, 5.74) is 5.02. The maximum absolute atomic E-state index is 12.5. The molecule has 1 heterocycles. The summed E-state index contributed by atoms with van der Waals surface area (Å²) in [6.07, 6.45) is -6.60. The fraction of sp³-hybridized carbons (Fsp3) is 0.737. The van der Waals surface area contributed by atoms with Crippen LogP contribution < -0.4 is 21.7 Å². The largest absolute Gasteiger partial charge is 0.394 e. The van der Waals surface area contributed by atoms with Crippen LogP contribution in [0.1, 0.15) is 33.6 Å². The van der Waals surface area contributed by atoms with Gasteiger partial charge in [-0.1, -0.05) is 0 Å². The molecule has 0 aromatic heterocycles. The lowest BCUT2D eigenvalue weighted by Gasteiger charge is -2.43. The minimum atomic E-state index is -1.62. The molecule has 14 nitrogen and oxygen atoms in total. The number of hydrogen-bond acceptors (Lipinski definition) is 10. The summed E-state index contributed by atoms with van der Waals surface area (Å²) in [5.74, 6) is -2.66. The minimum absolute atomic E-state index is 0.00524. The minimum Gasteiger partial charge on any atom is -0.394 e. The van der Waals surface area contributed by atoms with E-state index < -0.39 is 79.1 Å². The van der Waals surface area contributed by atoms with Gasteiger partial charge in [-0.15, -0.1) is 0 Å². The third-order valence-corrected chi connectivity index (χ3v) is 4.92. The number of ether oxygens (including phenoxy) is 2. The number of rotatable bonds is 12. The second-order valence-corrected chi connectivity index (χ2v) is 7.69. The van der Waals surface area contributed by atoms with Crippen LogP contribution in [0.5, 0.6) is 0 Å². The number of carbonyl (C=O) groups excluding carboxylic acids is 5. The standard InChI is InChI=1S/C19H32N4O10/c1-8(17(29)23-11(6-24)4-5-13(20)27)21-18(30)9(2)32-16-14(22-10(3)26)19(31)33-12(7-25)15(16)28/h6,8-9,11-12,14-16,19,25,28,31H,4-5,7H2,1-3H3,(H2,20,27)(H,21,30)(H,22,26)(H,23,29)/t8-,9?,11+,12+,14+,15+,16+,19-/m0/s1. The van der Waals surface area contributed by atoms with E-state index in [1.54, 1.807) is 0 Å². The molecular weight excluding hydrogens is 444 g/mol. The molecule has 0 aromatic rings. The van der Waals surface area contributed by atoms with Gasteiger partial charge in [0.15, 0.2) is 6.29 Å². The van der Waals surface area contributed by atoms with E-state index in [4.69, 9.17) is 15.2 Å². The van der Waals surface area contributed by atoms with Crippen LogP contribution in [-0.4, -0.2) is 101 Å². The van der Waals surface area contributed by atoms with Crippen LogP contribution in [0.3, 0.4) is 0 Å². The van der Waals surface area contributed by atoms with Gasteiger partial charge in [-0.05, 0) is 20.3 Å². The van der Waals surface area contributed by atoms with Crippen LogP contribution in [0.2, 0.25) is 0 Å². The van der Waals surface area contributed by atoms with Crippen molar-refractivity contribution in [2.45, 2.75) is 82.4 Å². The summed E-state index contributed by atoms with van der Waals surface area (Å²) in [7, 11) is 0. The van der Waals surface area contributed by atoms with Crippen LogP contribution in [0.25, 0.3) is 0 Å². The molecule has 0 saturated carbocycles. The number of amides is 4. The quantitative estimate of drug-likeness (QED) is 0.134. The first kappa shape index (κ1) is 28.4. The maximum Gasteiger partial charge on any atom is 0.249 e. The third-order valence-electron chi connectivity index (χ3n) is 4.92. The summed E-state index contributed by atoms with van der Waals surface area (Å²) < 4.78 is 10.6. The monoisotopic (exact) mass is 476 g/mol. The number of nitrogens with two attached hydrogens (primary N) is 1. The van der Waals surface area contributed by atoms with Crippen molar-refractivity contribution in [1.29, 1.82) is 0 Å². The van der Waals surface area contributed by atoms with Crippen molar-refractivity contribution >= 4 is 29.9 Å². The summed E-state index contributed by atoms with van der Waals surface area (Å²) >= 11 is 0. The fourth-order valence-electron chi connectivity index (χ4n) is 3.11. The Morgan fingerprint density at radius 1 is 1.15 bits per heavy atom. The van der Waals surface area contributed by atoms with Crippen molar-refractivity contribution in [3.8, 4) is 0 Å². The van der Waals surface area contributed by atoms with Crippen molar-refractivity contribution < 1.29 is 48.8 Å². The van der Waals surface area contributed by atoms with E-state index in [9.17, 15) is 39.3 Å². The van der Waals surface area contributed by atoms with Gasteiger partial charge in [-0.2, -0.15) is 0 Å². The number of nitrogens with one attached hydrogen (secondary N) is 3. The number of aliphatic hydroxyl groups is 3. The van der Waals surface area contributed by atoms with Crippen molar-refractivity contribution in [2.24, 2.45) is 5.73 Å². The van der Waals surface area contributed by atoms with E-state index in [0.29, 0.717) is 6.29 Å². The summed E-state index contributed by atoms with van der Waals surface area (Å²) in [6.45, 7) is 3.18. The van der Waals surface area contributed by atoms with Crippen LogP contribution in [0, 0.1) is 0 Å². The predicted molar refractivity (Wildman–Crippen MR) is 110 cm³/mol. The lowest BCUT2D eigenvalue weighted by molar-refractivity contribution is -0.266. The SMILES string of the molecule is CC(=O)N[C@@H]1[C@@H](OC(C)C(=O)N[C@@H](C)C(=O)N[C@@H](C=O)CCC(N)=O)[C@H](O)[C@@H](CO)O[C@@H]1O. The smallest absolute Gasteiger partial charge is 0.249 e. The number of aliphatic hydroxyl groups excluding tert-OH is 3. The van der Waals surface area contributed by atoms with Gasteiger partial charge >= 0.3 is 0 Å². The molecule has 1 aliphatic heterocycles. The molecule has 0 aromatic carbocycles. The van der Waals surface area contributed by atoms with Crippen LogP contribution in [-0.2, 0) is 33.4 Å². The molecule has 33 heavy (non-hydrogen) atoms. The van der Waals surface area contributed by atoms with Gasteiger partial charge in [0.2, 0.25) is 23.6 Å². The molecule has 8 atom stereocenters. The van der Waals surface area contributed by atoms with Crippen LogP contribution >= 0.6 is 0 Å². The Balaban J connectivity index is 2.77. The third kappa shape index (κ3) is 8.66. The molecule has 1 saturated heterocycles. The molecule has 0 aliphatic carbocycles.